The molecule has 0 saturated carbocycles. The lowest BCUT2D eigenvalue weighted by molar-refractivity contribution is -0.111. The zero-order chi connectivity index (χ0) is 19.5. The summed E-state index contributed by atoms with van der Waals surface area (Å²) in [5.41, 5.74) is 2.92. The van der Waals surface area contributed by atoms with Gasteiger partial charge in [-0.3, -0.25) is 4.79 Å². The Labute approximate surface area is 162 Å². The van der Waals surface area contributed by atoms with E-state index in [1.165, 1.54) is 0 Å². The number of unbranched alkanes of at least 4 members (excludes halogenated alkanes) is 1. The average Bonchev–Trinajstić information content (AvgIpc) is 2.70. The summed E-state index contributed by atoms with van der Waals surface area (Å²) in [6.45, 7) is 9.07. The minimum absolute atomic E-state index is 0.145. The van der Waals surface area contributed by atoms with Crippen LogP contribution in [0.15, 0.2) is 54.6 Å². The second-order valence-corrected chi connectivity index (χ2v) is 6.31. The van der Waals surface area contributed by atoms with Gasteiger partial charge in [0.1, 0.15) is 5.75 Å². The minimum atomic E-state index is -0.145. The molecule has 4 nitrogen and oxygen atoms in total. The predicted octanol–water partition coefficient (Wildman–Crippen LogP) is 5.36. The normalized spacial score (nSPS) is 10.8. The predicted molar refractivity (Wildman–Crippen MR) is 115 cm³/mol. The molecule has 2 aromatic rings. The minimum Gasteiger partial charge on any atom is -0.494 e. The lowest BCUT2D eigenvalue weighted by atomic mass is 10.2. The van der Waals surface area contributed by atoms with Crippen LogP contribution >= 0.6 is 0 Å². The van der Waals surface area contributed by atoms with Gasteiger partial charge < -0.3 is 15.0 Å². The Morgan fingerprint density at radius 2 is 1.67 bits per heavy atom. The SMILES string of the molecule is CCCCOc1ccc(/C=C/C(=O)Nc2ccc(N(CC)CC)cc2)cc1. The van der Waals surface area contributed by atoms with Crippen molar-refractivity contribution in [3.05, 3.63) is 60.2 Å². The van der Waals surface area contributed by atoms with E-state index >= 15 is 0 Å². The first-order chi connectivity index (χ1) is 13.2. The Kier molecular flexibility index (Phi) is 8.43. The van der Waals surface area contributed by atoms with Crippen LogP contribution in [-0.4, -0.2) is 25.6 Å². The molecule has 0 aliphatic heterocycles. The van der Waals surface area contributed by atoms with Crippen molar-refractivity contribution in [1.29, 1.82) is 0 Å². The van der Waals surface area contributed by atoms with Crippen LogP contribution in [0.4, 0.5) is 11.4 Å². The molecule has 27 heavy (non-hydrogen) atoms. The highest BCUT2D eigenvalue weighted by molar-refractivity contribution is 6.02. The van der Waals surface area contributed by atoms with E-state index in [1.54, 1.807) is 12.2 Å². The number of nitrogens with zero attached hydrogens (tertiary/aromatic N) is 1. The van der Waals surface area contributed by atoms with E-state index in [2.05, 4.69) is 31.0 Å². The third kappa shape index (κ3) is 6.81. The quantitative estimate of drug-likeness (QED) is 0.454. The van der Waals surface area contributed by atoms with E-state index in [0.717, 1.165) is 55.2 Å². The fraction of sp³-hybridized carbons (Fsp3) is 0.348. The maximum Gasteiger partial charge on any atom is 0.248 e. The van der Waals surface area contributed by atoms with Gasteiger partial charge in [-0.1, -0.05) is 25.5 Å². The van der Waals surface area contributed by atoms with Gasteiger partial charge >= 0.3 is 0 Å². The lowest BCUT2D eigenvalue weighted by Crippen LogP contribution is -2.21. The summed E-state index contributed by atoms with van der Waals surface area (Å²) in [6.07, 6.45) is 5.52. The molecule has 1 N–H and O–H groups in total. The van der Waals surface area contributed by atoms with Gasteiger partial charge in [0.15, 0.2) is 0 Å². The highest BCUT2D eigenvalue weighted by atomic mass is 16.5. The zero-order valence-corrected chi connectivity index (χ0v) is 16.6. The molecule has 0 saturated heterocycles. The molecule has 0 atom stereocenters. The summed E-state index contributed by atoms with van der Waals surface area (Å²) >= 11 is 0. The molecule has 4 heteroatoms. The molecule has 144 valence electrons. The number of nitrogens with one attached hydrogen (secondary N) is 1. The van der Waals surface area contributed by atoms with Gasteiger partial charge in [-0.15, -0.1) is 0 Å². The van der Waals surface area contributed by atoms with Crippen LogP contribution in [-0.2, 0) is 4.79 Å². The first-order valence-electron chi connectivity index (χ1n) is 9.73. The zero-order valence-electron chi connectivity index (χ0n) is 16.6. The van der Waals surface area contributed by atoms with Crippen LogP contribution < -0.4 is 15.0 Å². The summed E-state index contributed by atoms with van der Waals surface area (Å²) in [5, 5.41) is 2.89. The van der Waals surface area contributed by atoms with Crippen LogP contribution in [0.25, 0.3) is 6.08 Å². The van der Waals surface area contributed by atoms with Gasteiger partial charge in [0.25, 0.3) is 0 Å². The molecule has 0 fully saturated rings. The summed E-state index contributed by atoms with van der Waals surface area (Å²) in [5.74, 6) is 0.715. The molecule has 0 aliphatic rings. The van der Waals surface area contributed by atoms with Gasteiger partial charge in [0.05, 0.1) is 6.61 Å². The standard InChI is InChI=1S/C23H30N2O2/c1-4-7-18-27-22-15-8-19(9-16-22)10-17-23(26)24-20-11-13-21(14-12-20)25(5-2)6-3/h8-17H,4-7,18H2,1-3H3,(H,24,26)/b17-10+. The van der Waals surface area contributed by atoms with Gasteiger partial charge in [0.2, 0.25) is 5.91 Å². The smallest absolute Gasteiger partial charge is 0.248 e. The molecule has 0 radical (unpaired) electrons. The number of rotatable bonds is 10. The number of carbonyl (C=O) groups is 1. The van der Waals surface area contributed by atoms with Crippen molar-refractivity contribution in [2.45, 2.75) is 33.6 Å². The highest BCUT2D eigenvalue weighted by Gasteiger charge is 2.03. The monoisotopic (exact) mass is 366 g/mol. The average molecular weight is 367 g/mol. The Hall–Kier alpha value is -2.75. The molecule has 0 heterocycles. The number of anilines is 2. The fourth-order valence-electron chi connectivity index (χ4n) is 2.71. The Bertz CT molecular complexity index is 717. The van der Waals surface area contributed by atoms with E-state index in [9.17, 15) is 4.79 Å². The fourth-order valence-corrected chi connectivity index (χ4v) is 2.71. The van der Waals surface area contributed by atoms with Gasteiger partial charge in [-0.05, 0) is 68.3 Å². The maximum absolute atomic E-state index is 12.1. The molecule has 2 rings (SSSR count). The van der Waals surface area contributed by atoms with E-state index in [0.29, 0.717) is 0 Å². The van der Waals surface area contributed by atoms with Crippen LogP contribution in [0, 0.1) is 0 Å². The molecule has 2 aromatic carbocycles. The van der Waals surface area contributed by atoms with Crippen LogP contribution in [0.1, 0.15) is 39.2 Å². The third-order valence-corrected chi connectivity index (χ3v) is 4.34. The molecule has 0 spiro atoms. The molecule has 1 amide bonds. The summed E-state index contributed by atoms with van der Waals surface area (Å²) in [6, 6.07) is 15.7. The van der Waals surface area contributed by atoms with E-state index in [-0.39, 0.29) is 5.91 Å². The second kappa shape index (κ2) is 11.1. The molecule has 0 aromatic heterocycles. The first kappa shape index (κ1) is 20.6. The van der Waals surface area contributed by atoms with Crippen molar-refractivity contribution in [1.82, 2.24) is 0 Å². The largest absolute Gasteiger partial charge is 0.494 e. The molecule has 0 bridgehead atoms. The van der Waals surface area contributed by atoms with Crippen LogP contribution in [0.3, 0.4) is 0 Å². The van der Waals surface area contributed by atoms with Crippen molar-refractivity contribution in [3.63, 3.8) is 0 Å². The maximum atomic E-state index is 12.1. The number of benzene rings is 2. The van der Waals surface area contributed by atoms with Crippen molar-refractivity contribution in [2.24, 2.45) is 0 Å². The topological polar surface area (TPSA) is 41.6 Å². The number of amides is 1. The highest BCUT2D eigenvalue weighted by Crippen LogP contribution is 2.18. The number of hydrogen-bond donors (Lipinski definition) is 1. The lowest BCUT2D eigenvalue weighted by Gasteiger charge is -2.21. The van der Waals surface area contributed by atoms with Crippen molar-refractivity contribution in [3.8, 4) is 5.75 Å². The van der Waals surface area contributed by atoms with Crippen molar-refractivity contribution < 1.29 is 9.53 Å². The number of carbonyl (C=O) groups excluding carboxylic acids is 1. The van der Waals surface area contributed by atoms with Crippen LogP contribution in [0.5, 0.6) is 5.75 Å². The van der Waals surface area contributed by atoms with E-state index in [4.69, 9.17) is 4.74 Å². The molecule has 0 aliphatic carbocycles. The van der Waals surface area contributed by atoms with Crippen molar-refractivity contribution in [2.75, 3.05) is 29.9 Å². The Morgan fingerprint density at radius 3 is 2.26 bits per heavy atom. The molecular weight excluding hydrogens is 336 g/mol. The van der Waals surface area contributed by atoms with Crippen LogP contribution in [0.2, 0.25) is 0 Å². The van der Waals surface area contributed by atoms with Gasteiger partial charge in [-0.25, -0.2) is 0 Å². The van der Waals surface area contributed by atoms with Crippen molar-refractivity contribution >= 4 is 23.4 Å². The number of hydrogen-bond acceptors (Lipinski definition) is 3. The van der Waals surface area contributed by atoms with Gasteiger partial charge in [0, 0.05) is 30.5 Å². The Balaban J connectivity index is 1.87. The first-order valence-corrected chi connectivity index (χ1v) is 9.73. The molecule has 0 unspecified atom stereocenters. The van der Waals surface area contributed by atoms with E-state index < -0.39 is 0 Å². The van der Waals surface area contributed by atoms with E-state index in [1.807, 2.05) is 48.5 Å². The van der Waals surface area contributed by atoms with Gasteiger partial charge in [-0.2, -0.15) is 0 Å². The Morgan fingerprint density at radius 1 is 1.00 bits per heavy atom. The third-order valence-electron chi connectivity index (χ3n) is 4.34. The second-order valence-electron chi connectivity index (χ2n) is 6.31. The summed E-state index contributed by atoms with van der Waals surface area (Å²) in [4.78, 5) is 14.4. The summed E-state index contributed by atoms with van der Waals surface area (Å²) < 4.78 is 5.64. The molecular formula is C23H30N2O2. The number of ether oxygens (including phenoxy) is 1. The summed E-state index contributed by atoms with van der Waals surface area (Å²) in [7, 11) is 0.